The van der Waals surface area contributed by atoms with E-state index in [2.05, 4.69) is 10.6 Å². The summed E-state index contributed by atoms with van der Waals surface area (Å²) in [6.07, 6.45) is -1.32. The molecule has 5 N–H and O–H groups in total. The molecule has 0 fully saturated rings. The van der Waals surface area contributed by atoms with Crippen LogP contribution >= 0.6 is 0 Å². The Morgan fingerprint density at radius 1 is 0.919 bits per heavy atom. The second-order valence-corrected chi connectivity index (χ2v) is 10.6. The number of Topliss-reactive ketones (excluding diaryl/α,β-unsaturated/α-hetero) is 1. The summed E-state index contributed by atoms with van der Waals surface area (Å²) < 4.78 is 5.52. The topological polar surface area (TPSA) is 165 Å². The molecule has 3 unspecified atom stereocenters. The van der Waals surface area contributed by atoms with Gasteiger partial charge in [-0.25, -0.2) is 4.79 Å². The summed E-state index contributed by atoms with van der Waals surface area (Å²) in [7, 11) is 4.65. The van der Waals surface area contributed by atoms with Gasteiger partial charge in [0.25, 0.3) is 0 Å². The molecular weight excluding hydrogens is 482 g/mol. The fourth-order valence-electron chi connectivity index (χ4n) is 4.57. The summed E-state index contributed by atoms with van der Waals surface area (Å²) in [6, 6.07) is -2.42. The summed E-state index contributed by atoms with van der Waals surface area (Å²) in [4.78, 5) is 53.5. The van der Waals surface area contributed by atoms with E-state index >= 15 is 0 Å². The number of aliphatic carboxylic acids is 1. The smallest absolute Gasteiger partial charge is 0.348 e. The zero-order chi connectivity index (χ0) is 29.1. The number of carboxylic acids is 1. The number of aliphatic hydroxyl groups excluding tert-OH is 2. The van der Waals surface area contributed by atoms with Crippen molar-refractivity contribution in [2.45, 2.75) is 110 Å². The van der Waals surface area contributed by atoms with E-state index in [1.165, 1.54) is 18.9 Å². The van der Waals surface area contributed by atoms with Gasteiger partial charge in [0.2, 0.25) is 11.5 Å². The van der Waals surface area contributed by atoms with Crippen LogP contribution < -0.4 is 10.6 Å². The number of aliphatic hydroxyl groups is 2. The molecule has 0 aromatic rings. The zero-order valence-electron chi connectivity index (χ0n) is 23.9. The molecule has 0 aromatic carbocycles. The highest BCUT2D eigenvalue weighted by molar-refractivity contribution is 5.95. The Morgan fingerprint density at radius 2 is 1.49 bits per heavy atom. The third-order valence-corrected chi connectivity index (χ3v) is 6.72. The molecule has 0 heterocycles. The van der Waals surface area contributed by atoms with E-state index in [1.807, 2.05) is 0 Å². The zero-order valence-corrected chi connectivity index (χ0v) is 23.9. The number of rotatable bonds is 18. The van der Waals surface area contributed by atoms with Crippen molar-refractivity contribution in [3.8, 4) is 0 Å². The first-order chi connectivity index (χ1) is 17.0. The summed E-state index contributed by atoms with van der Waals surface area (Å²) in [5.74, 6) is -3.94. The molecule has 37 heavy (non-hydrogen) atoms. The number of nitrogens with zero attached hydrogens (tertiary/aromatic N) is 1. The van der Waals surface area contributed by atoms with Gasteiger partial charge in [0.05, 0.1) is 30.7 Å². The Balaban J connectivity index is 6.37. The highest BCUT2D eigenvalue weighted by atomic mass is 16.6. The van der Waals surface area contributed by atoms with E-state index in [-0.39, 0.29) is 17.7 Å². The number of ether oxygens (including phenoxy) is 1. The second-order valence-electron chi connectivity index (χ2n) is 10.6. The molecule has 0 bridgehead atoms. The van der Waals surface area contributed by atoms with E-state index in [4.69, 9.17) is 4.74 Å². The van der Waals surface area contributed by atoms with Crippen molar-refractivity contribution in [3.05, 3.63) is 0 Å². The molecule has 0 saturated heterocycles. The number of amides is 1. The number of carbonyl (C=O) groups is 4. The van der Waals surface area contributed by atoms with Crippen molar-refractivity contribution in [2.24, 2.45) is 11.8 Å². The van der Waals surface area contributed by atoms with Crippen molar-refractivity contribution in [1.29, 1.82) is 0 Å². The lowest BCUT2D eigenvalue weighted by Gasteiger charge is -2.37. The predicted molar refractivity (Wildman–Crippen MR) is 140 cm³/mol. The third kappa shape index (κ3) is 10.7. The van der Waals surface area contributed by atoms with Crippen LogP contribution in [0.15, 0.2) is 0 Å². The number of nitrogens with one attached hydrogen (secondary N) is 2. The number of carboxylic acid groups (broad SMARTS) is 1. The molecule has 216 valence electrons. The van der Waals surface area contributed by atoms with Crippen molar-refractivity contribution < 1.29 is 39.2 Å². The van der Waals surface area contributed by atoms with Crippen LogP contribution in [0.25, 0.3) is 0 Å². The maximum Gasteiger partial charge on any atom is 0.348 e. The first-order valence-electron chi connectivity index (χ1n) is 13.0. The lowest BCUT2D eigenvalue weighted by atomic mass is 9.83. The van der Waals surface area contributed by atoms with Crippen molar-refractivity contribution in [1.82, 2.24) is 15.5 Å². The monoisotopic (exact) mass is 531 g/mol. The van der Waals surface area contributed by atoms with Gasteiger partial charge in [-0.1, -0.05) is 27.2 Å². The Hall–Kier alpha value is -2.08. The molecule has 0 aliphatic rings. The van der Waals surface area contributed by atoms with Gasteiger partial charge in [0.15, 0.2) is 5.78 Å². The molecule has 0 aliphatic heterocycles. The fraction of sp³-hybridized carbons (Fsp3) is 0.846. The first-order valence-corrected chi connectivity index (χ1v) is 13.0. The van der Waals surface area contributed by atoms with Crippen LogP contribution in [0.3, 0.4) is 0 Å². The molecule has 0 spiro atoms. The molecule has 0 rings (SSSR count). The quantitative estimate of drug-likeness (QED) is 0.161. The summed E-state index contributed by atoms with van der Waals surface area (Å²) in [5, 5.41) is 35.6. The highest BCUT2D eigenvalue weighted by Crippen LogP contribution is 2.29. The number of carbonyl (C=O) groups excluding carboxylic acids is 3. The molecule has 0 aliphatic carbocycles. The maximum absolute atomic E-state index is 13.8. The fourth-order valence-corrected chi connectivity index (χ4v) is 4.57. The van der Waals surface area contributed by atoms with Crippen molar-refractivity contribution in [3.63, 3.8) is 0 Å². The second kappa shape index (κ2) is 16.0. The molecular formula is C26H49N3O8. The Bertz CT molecular complexity index is 758. The van der Waals surface area contributed by atoms with Crippen molar-refractivity contribution >= 4 is 23.6 Å². The first kappa shape index (κ1) is 34.9. The largest absolute Gasteiger partial charge is 0.478 e. The molecule has 0 radical (unpaired) electrons. The minimum atomic E-state index is -2.32. The van der Waals surface area contributed by atoms with E-state index in [9.17, 15) is 34.5 Å². The van der Waals surface area contributed by atoms with Crippen LogP contribution in [0, 0.1) is 11.8 Å². The Kier molecular flexibility index (Phi) is 15.1. The molecule has 7 atom stereocenters. The number of hydrogen-bond donors (Lipinski definition) is 5. The Morgan fingerprint density at radius 3 is 1.89 bits per heavy atom. The SMILES string of the molecule is CN[C@@H](C)C(=O)N(C)[C@H](C(=O)CC(CC(C)O)(OC(=O)[C@@H](NC)C(C)C)C(=O)O)[C@H](C)CCCC(C)O. The van der Waals surface area contributed by atoms with Crippen LogP contribution in [-0.4, -0.2) is 101 Å². The Labute approximate surface area is 221 Å². The molecule has 11 nitrogen and oxygen atoms in total. The van der Waals surface area contributed by atoms with Gasteiger partial charge in [-0.05, 0) is 59.5 Å². The lowest BCUT2D eigenvalue weighted by molar-refractivity contribution is -0.186. The third-order valence-electron chi connectivity index (χ3n) is 6.72. The van der Waals surface area contributed by atoms with E-state index in [0.717, 1.165) is 0 Å². The molecule has 11 heteroatoms. The van der Waals surface area contributed by atoms with Crippen LogP contribution in [0.4, 0.5) is 0 Å². The lowest BCUT2D eigenvalue weighted by Crippen LogP contribution is -2.56. The van der Waals surface area contributed by atoms with Crippen molar-refractivity contribution in [2.75, 3.05) is 21.1 Å². The molecule has 1 amide bonds. The van der Waals surface area contributed by atoms with Gasteiger partial charge in [-0.15, -0.1) is 0 Å². The average molecular weight is 532 g/mol. The van der Waals surface area contributed by atoms with Crippen LogP contribution in [0.2, 0.25) is 0 Å². The number of hydrogen-bond acceptors (Lipinski definition) is 9. The summed E-state index contributed by atoms with van der Waals surface area (Å²) in [6.45, 7) is 9.99. The van der Waals surface area contributed by atoms with E-state index < -0.39 is 66.5 Å². The minimum absolute atomic E-state index is 0.222. The molecule has 0 saturated carbocycles. The number of esters is 1. The van der Waals surface area contributed by atoms with Gasteiger partial charge in [0, 0.05) is 13.5 Å². The van der Waals surface area contributed by atoms with Gasteiger partial charge < -0.3 is 35.6 Å². The van der Waals surface area contributed by atoms with Gasteiger partial charge >= 0.3 is 11.9 Å². The maximum atomic E-state index is 13.8. The standard InChI is InChI=1S/C26H49N3O8/c1-15(2)21(28-8)24(34)37-26(25(35)36,13-18(5)31)14-20(32)22(16(3)11-10-12-17(4)30)29(9)23(33)19(6)27-7/h15-19,21-22,27-28,30-31H,10-14H2,1-9H3,(H,35,36)/t16-,17?,18?,19+,21+,22+,26?/m1/s1. The van der Waals surface area contributed by atoms with E-state index in [0.29, 0.717) is 19.3 Å². The normalized spacial score (nSPS) is 18.2. The van der Waals surface area contributed by atoms with Crippen LogP contribution in [0.1, 0.15) is 73.6 Å². The predicted octanol–water partition coefficient (Wildman–Crippen LogP) is 0.949. The van der Waals surface area contributed by atoms with Crippen LogP contribution in [0.5, 0.6) is 0 Å². The summed E-state index contributed by atoms with van der Waals surface area (Å²) >= 11 is 0. The van der Waals surface area contributed by atoms with Gasteiger partial charge in [0.1, 0.15) is 6.04 Å². The molecule has 0 aromatic heterocycles. The minimum Gasteiger partial charge on any atom is -0.478 e. The number of likely N-dealkylation sites (N-methyl/N-ethyl adjacent to an activating group) is 3. The highest BCUT2D eigenvalue weighted by Gasteiger charge is 2.49. The van der Waals surface area contributed by atoms with E-state index in [1.54, 1.807) is 48.7 Å². The van der Waals surface area contributed by atoms with Gasteiger partial charge in [-0.3, -0.25) is 14.4 Å². The summed E-state index contributed by atoms with van der Waals surface area (Å²) in [5.41, 5.74) is -2.32. The van der Waals surface area contributed by atoms with Crippen LogP contribution in [-0.2, 0) is 23.9 Å². The van der Waals surface area contributed by atoms with Gasteiger partial charge in [-0.2, -0.15) is 0 Å². The average Bonchev–Trinajstić information content (AvgIpc) is 2.77. The number of ketones is 1.